The maximum Gasteiger partial charge on any atom is 0.271 e. The van der Waals surface area contributed by atoms with E-state index in [4.69, 9.17) is 14.0 Å². The van der Waals surface area contributed by atoms with Crippen LogP contribution in [-0.2, 0) is 6.42 Å². The van der Waals surface area contributed by atoms with Crippen LogP contribution in [0.4, 0.5) is 0 Å². The van der Waals surface area contributed by atoms with Crippen LogP contribution in [0, 0.1) is 5.92 Å². The first-order valence-corrected chi connectivity index (χ1v) is 10.8. The fourth-order valence-electron chi connectivity index (χ4n) is 4.33. The molecule has 1 atom stereocenters. The average Bonchev–Trinajstić information content (AvgIpc) is 3.19. The zero-order valence-electron chi connectivity index (χ0n) is 17.0. The van der Waals surface area contributed by atoms with Crippen LogP contribution in [0.15, 0.2) is 28.8 Å². The monoisotopic (exact) mass is 421 g/mol. The molecule has 3 aliphatic rings. The van der Waals surface area contributed by atoms with Crippen LogP contribution < -0.4 is 9.47 Å². The number of H-pyrrole nitrogens is 1. The number of aromatic nitrogens is 4. The molecule has 9 heteroatoms. The van der Waals surface area contributed by atoms with Crippen LogP contribution >= 0.6 is 0 Å². The largest absolute Gasteiger partial charge is 0.454 e. The van der Waals surface area contributed by atoms with Crippen molar-refractivity contribution in [1.29, 1.82) is 0 Å². The Morgan fingerprint density at radius 1 is 1.16 bits per heavy atom. The van der Waals surface area contributed by atoms with E-state index in [1.165, 1.54) is 0 Å². The molecule has 31 heavy (non-hydrogen) atoms. The molecule has 9 nitrogen and oxygen atoms in total. The van der Waals surface area contributed by atoms with E-state index >= 15 is 0 Å². The van der Waals surface area contributed by atoms with Gasteiger partial charge in [-0.2, -0.15) is 10.1 Å². The van der Waals surface area contributed by atoms with Crippen molar-refractivity contribution in [3.05, 3.63) is 41.7 Å². The molecule has 2 aromatic heterocycles. The summed E-state index contributed by atoms with van der Waals surface area (Å²) in [5.41, 5.74) is 2.06. The first-order chi connectivity index (χ1) is 15.2. The quantitative estimate of drug-likeness (QED) is 0.674. The summed E-state index contributed by atoms with van der Waals surface area (Å²) in [7, 11) is 0. The number of carbonyl (C=O) groups excluding carboxylic acids is 1. The summed E-state index contributed by atoms with van der Waals surface area (Å²) < 4.78 is 16.2. The van der Waals surface area contributed by atoms with Gasteiger partial charge in [-0.05, 0) is 55.9 Å². The molecule has 6 rings (SSSR count). The number of nitrogens with zero attached hydrogens (tertiary/aromatic N) is 4. The number of hydrogen-bond acceptors (Lipinski definition) is 7. The first kappa shape index (κ1) is 18.4. The minimum absolute atomic E-state index is 0.0339. The summed E-state index contributed by atoms with van der Waals surface area (Å²) in [6.45, 7) is 1.65. The molecule has 0 bridgehead atoms. The number of fused-ring (bicyclic) bond motifs is 1. The van der Waals surface area contributed by atoms with Gasteiger partial charge in [0.15, 0.2) is 17.3 Å². The lowest BCUT2D eigenvalue weighted by Gasteiger charge is -2.31. The van der Waals surface area contributed by atoms with E-state index in [0.717, 1.165) is 55.8 Å². The molecule has 1 saturated carbocycles. The zero-order valence-corrected chi connectivity index (χ0v) is 17.0. The second-order valence-corrected chi connectivity index (χ2v) is 8.52. The van der Waals surface area contributed by atoms with E-state index in [0.29, 0.717) is 41.4 Å². The number of carbonyl (C=O) groups is 1. The number of ether oxygens (including phenoxy) is 2. The number of aromatic amines is 1. The van der Waals surface area contributed by atoms with E-state index < -0.39 is 0 Å². The highest BCUT2D eigenvalue weighted by molar-refractivity contribution is 5.93. The van der Waals surface area contributed by atoms with E-state index in [-0.39, 0.29) is 12.7 Å². The summed E-state index contributed by atoms with van der Waals surface area (Å²) in [6.07, 6.45) is 5.04. The smallest absolute Gasteiger partial charge is 0.271 e. The molecule has 3 aromatic rings. The van der Waals surface area contributed by atoms with Crippen molar-refractivity contribution in [3.8, 4) is 22.8 Å². The van der Waals surface area contributed by atoms with Gasteiger partial charge >= 0.3 is 0 Å². The third-order valence-electron chi connectivity index (χ3n) is 6.17. The summed E-state index contributed by atoms with van der Waals surface area (Å²) in [5.74, 6) is 3.72. The zero-order chi connectivity index (χ0) is 20.8. The van der Waals surface area contributed by atoms with Crippen molar-refractivity contribution >= 4 is 5.91 Å². The number of likely N-dealkylation sites (tertiary alicyclic amines) is 1. The van der Waals surface area contributed by atoms with Gasteiger partial charge in [-0.15, -0.1) is 0 Å². The highest BCUT2D eigenvalue weighted by atomic mass is 16.7. The van der Waals surface area contributed by atoms with Gasteiger partial charge in [-0.25, -0.2) is 0 Å². The lowest BCUT2D eigenvalue weighted by Crippen LogP contribution is -2.40. The molecule has 1 saturated heterocycles. The molecule has 1 amide bonds. The van der Waals surface area contributed by atoms with Gasteiger partial charge in [-0.1, -0.05) is 5.16 Å². The summed E-state index contributed by atoms with van der Waals surface area (Å²) in [4.78, 5) is 19.5. The van der Waals surface area contributed by atoms with Crippen LogP contribution in [-0.4, -0.2) is 51.0 Å². The van der Waals surface area contributed by atoms with Crippen LogP contribution in [0.25, 0.3) is 11.3 Å². The van der Waals surface area contributed by atoms with Crippen LogP contribution in [0.1, 0.15) is 53.8 Å². The third kappa shape index (κ3) is 3.64. The van der Waals surface area contributed by atoms with E-state index in [1.54, 1.807) is 6.07 Å². The van der Waals surface area contributed by atoms with Crippen molar-refractivity contribution < 1.29 is 18.8 Å². The average molecular weight is 421 g/mol. The summed E-state index contributed by atoms with van der Waals surface area (Å²) in [6, 6.07) is 7.44. The Bertz CT molecular complexity index is 1120. The SMILES string of the molecule is O=C(c1cc(-c2ccc3c(c2)OCO3)n[nH]1)N1CCCC(Cc2nc(C3CC3)no2)C1. The number of nitrogens with one attached hydrogen (secondary N) is 1. The third-order valence-corrected chi connectivity index (χ3v) is 6.17. The predicted molar refractivity (Wildman–Crippen MR) is 109 cm³/mol. The topological polar surface area (TPSA) is 106 Å². The second-order valence-electron chi connectivity index (χ2n) is 8.52. The lowest BCUT2D eigenvalue weighted by molar-refractivity contribution is 0.0662. The molecule has 2 aliphatic heterocycles. The Kier molecular flexibility index (Phi) is 4.40. The Morgan fingerprint density at radius 2 is 2.06 bits per heavy atom. The minimum Gasteiger partial charge on any atom is -0.454 e. The van der Waals surface area contributed by atoms with Gasteiger partial charge in [0.05, 0.1) is 5.69 Å². The number of rotatable bonds is 5. The maximum absolute atomic E-state index is 13.1. The van der Waals surface area contributed by atoms with Crippen molar-refractivity contribution in [2.75, 3.05) is 19.9 Å². The van der Waals surface area contributed by atoms with E-state index in [9.17, 15) is 4.79 Å². The number of amides is 1. The van der Waals surface area contributed by atoms with Crippen molar-refractivity contribution in [2.24, 2.45) is 5.92 Å². The Hall–Kier alpha value is -3.36. The Morgan fingerprint density at radius 3 is 2.97 bits per heavy atom. The summed E-state index contributed by atoms with van der Waals surface area (Å²) in [5, 5.41) is 11.3. The molecular formula is C22H23N5O4. The lowest BCUT2D eigenvalue weighted by atomic mass is 9.94. The predicted octanol–water partition coefficient (Wildman–Crippen LogP) is 3.16. The van der Waals surface area contributed by atoms with Crippen molar-refractivity contribution in [2.45, 2.75) is 38.0 Å². The van der Waals surface area contributed by atoms with Gasteiger partial charge in [0.1, 0.15) is 5.69 Å². The van der Waals surface area contributed by atoms with Crippen molar-refractivity contribution in [3.63, 3.8) is 0 Å². The normalized spacial score (nSPS) is 20.3. The molecule has 1 aromatic carbocycles. The molecule has 0 radical (unpaired) electrons. The van der Waals surface area contributed by atoms with Gasteiger partial charge < -0.3 is 18.9 Å². The number of benzene rings is 1. The van der Waals surface area contributed by atoms with Crippen LogP contribution in [0.3, 0.4) is 0 Å². The van der Waals surface area contributed by atoms with E-state index in [2.05, 4.69) is 20.3 Å². The molecular weight excluding hydrogens is 398 g/mol. The van der Waals surface area contributed by atoms with Gasteiger partial charge in [-0.3, -0.25) is 9.89 Å². The fraction of sp³-hybridized carbons (Fsp3) is 0.455. The highest BCUT2D eigenvalue weighted by Crippen LogP contribution is 2.38. The standard InChI is InChI=1S/C22H23N5O4/c28-22(17-10-16(24-25-17)15-5-6-18-19(9-15)30-12-29-18)27-7-1-2-13(11-27)8-20-23-21(26-31-20)14-3-4-14/h5-6,9-10,13-14H,1-4,7-8,11-12H2,(H,24,25). The van der Waals surface area contributed by atoms with Crippen LogP contribution in [0.2, 0.25) is 0 Å². The highest BCUT2D eigenvalue weighted by Gasteiger charge is 2.31. The Labute approximate surface area is 178 Å². The number of piperidine rings is 1. The van der Waals surface area contributed by atoms with Gasteiger partial charge in [0.25, 0.3) is 5.91 Å². The molecule has 1 unspecified atom stereocenters. The van der Waals surface area contributed by atoms with Gasteiger partial charge in [0, 0.05) is 31.0 Å². The molecule has 0 spiro atoms. The number of hydrogen-bond donors (Lipinski definition) is 1. The first-order valence-electron chi connectivity index (χ1n) is 10.8. The minimum atomic E-state index is -0.0339. The Balaban J connectivity index is 1.13. The molecule has 4 heterocycles. The van der Waals surface area contributed by atoms with E-state index in [1.807, 2.05) is 23.1 Å². The maximum atomic E-state index is 13.1. The molecule has 1 aliphatic carbocycles. The molecule has 1 N–H and O–H groups in total. The molecule has 160 valence electrons. The van der Waals surface area contributed by atoms with Crippen molar-refractivity contribution in [1.82, 2.24) is 25.2 Å². The second kappa shape index (κ2) is 7.40. The summed E-state index contributed by atoms with van der Waals surface area (Å²) >= 11 is 0. The van der Waals surface area contributed by atoms with Gasteiger partial charge in [0.2, 0.25) is 12.7 Å². The molecule has 2 fully saturated rings. The fourth-order valence-corrected chi connectivity index (χ4v) is 4.33. The van der Waals surface area contributed by atoms with Crippen LogP contribution in [0.5, 0.6) is 11.5 Å².